The van der Waals surface area contributed by atoms with Crippen LogP contribution in [-0.2, 0) is 4.79 Å². The van der Waals surface area contributed by atoms with Crippen molar-refractivity contribution in [3.05, 3.63) is 29.8 Å². The van der Waals surface area contributed by atoms with E-state index in [0.29, 0.717) is 11.3 Å². The zero-order valence-electron chi connectivity index (χ0n) is 12.5. The predicted molar refractivity (Wildman–Crippen MR) is 79.7 cm³/mol. The minimum atomic E-state index is -0.200. The van der Waals surface area contributed by atoms with Crippen LogP contribution in [0.2, 0.25) is 0 Å². The summed E-state index contributed by atoms with van der Waals surface area (Å²) in [5.74, 6) is 0.457. The highest BCUT2D eigenvalue weighted by Crippen LogP contribution is 2.12. The number of hydrogen-bond acceptors (Lipinski definition) is 4. The molecule has 1 rings (SSSR count). The summed E-state index contributed by atoms with van der Waals surface area (Å²) in [6.45, 7) is 3.97. The summed E-state index contributed by atoms with van der Waals surface area (Å²) < 4.78 is 5.37. The molecule has 1 aromatic carbocycles. The van der Waals surface area contributed by atoms with E-state index in [9.17, 15) is 4.79 Å². The van der Waals surface area contributed by atoms with E-state index in [1.165, 1.54) is 0 Å². The van der Waals surface area contributed by atoms with Crippen LogP contribution in [0.4, 0.5) is 0 Å². The van der Waals surface area contributed by atoms with Crippen molar-refractivity contribution >= 4 is 5.91 Å². The van der Waals surface area contributed by atoms with Crippen molar-refractivity contribution in [2.24, 2.45) is 5.92 Å². The lowest BCUT2D eigenvalue weighted by molar-refractivity contribution is -0.124. The van der Waals surface area contributed by atoms with Gasteiger partial charge in [-0.1, -0.05) is 19.9 Å². The lowest BCUT2D eigenvalue weighted by Gasteiger charge is -2.20. The summed E-state index contributed by atoms with van der Waals surface area (Å²) in [4.78, 5) is 11.8. The Morgan fingerprint density at radius 3 is 2.90 bits per heavy atom. The molecule has 21 heavy (non-hydrogen) atoms. The lowest BCUT2D eigenvalue weighted by Crippen LogP contribution is -2.38. The predicted octanol–water partition coefficient (Wildman–Crippen LogP) is 1.85. The van der Waals surface area contributed by atoms with E-state index in [1.54, 1.807) is 24.3 Å². The molecule has 0 saturated carbocycles. The van der Waals surface area contributed by atoms with Gasteiger partial charge in [0.05, 0.1) is 11.6 Å². The molecule has 114 valence electrons. The van der Waals surface area contributed by atoms with Crippen LogP contribution >= 0.6 is 0 Å². The van der Waals surface area contributed by atoms with Gasteiger partial charge in [0.25, 0.3) is 5.91 Å². The van der Waals surface area contributed by atoms with E-state index in [2.05, 4.69) is 5.32 Å². The molecule has 0 aliphatic carbocycles. The average Bonchev–Trinajstić information content (AvgIpc) is 2.52. The Labute approximate surface area is 125 Å². The van der Waals surface area contributed by atoms with Crippen molar-refractivity contribution < 1.29 is 14.6 Å². The summed E-state index contributed by atoms with van der Waals surface area (Å²) in [7, 11) is 0. The average molecular weight is 290 g/mol. The van der Waals surface area contributed by atoms with Crippen LogP contribution in [0, 0.1) is 17.2 Å². The van der Waals surface area contributed by atoms with Crippen molar-refractivity contribution in [2.75, 3.05) is 13.2 Å². The van der Waals surface area contributed by atoms with Crippen LogP contribution in [0.5, 0.6) is 5.75 Å². The Morgan fingerprint density at radius 2 is 2.29 bits per heavy atom. The molecular weight excluding hydrogens is 268 g/mol. The summed E-state index contributed by atoms with van der Waals surface area (Å²) in [5, 5.41) is 20.7. The van der Waals surface area contributed by atoms with Gasteiger partial charge in [-0.3, -0.25) is 4.79 Å². The maximum Gasteiger partial charge on any atom is 0.258 e. The molecule has 0 aliphatic rings. The molecule has 0 heterocycles. The molecule has 5 heteroatoms. The van der Waals surface area contributed by atoms with E-state index < -0.39 is 0 Å². The van der Waals surface area contributed by atoms with Crippen molar-refractivity contribution in [3.63, 3.8) is 0 Å². The highest BCUT2D eigenvalue weighted by molar-refractivity contribution is 5.77. The first-order chi connectivity index (χ1) is 10.1. The van der Waals surface area contributed by atoms with Crippen molar-refractivity contribution in [2.45, 2.75) is 32.7 Å². The highest BCUT2D eigenvalue weighted by Gasteiger charge is 2.14. The molecule has 0 unspecified atom stereocenters. The third-order valence-corrected chi connectivity index (χ3v) is 3.19. The largest absolute Gasteiger partial charge is 0.484 e. The molecule has 0 saturated heterocycles. The maximum absolute atomic E-state index is 11.8. The second kappa shape index (κ2) is 8.98. The Hall–Kier alpha value is -2.06. The second-order valence-corrected chi connectivity index (χ2v) is 5.12. The number of aliphatic hydroxyl groups excluding tert-OH is 1. The topological polar surface area (TPSA) is 82.3 Å². The lowest BCUT2D eigenvalue weighted by atomic mass is 10.0. The number of benzene rings is 1. The molecule has 0 spiro atoms. The summed E-state index contributed by atoms with van der Waals surface area (Å²) in [6.07, 6.45) is 1.54. The summed E-state index contributed by atoms with van der Waals surface area (Å²) >= 11 is 0. The highest BCUT2D eigenvalue weighted by atomic mass is 16.5. The zero-order valence-corrected chi connectivity index (χ0v) is 12.5. The van der Waals surface area contributed by atoms with Crippen LogP contribution in [0.1, 0.15) is 32.3 Å². The van der Waals surface area contributed by atoms with Crippen LogP contribution in [0.3, 0.4) is 0 Å². The van der Waals surface area contributed by atoms with Gasteiger partial charge < -0.3 is 15.2 Å². The van der Waals surface area contributed by atoms with Crippen molar-refractivity contribution in [1.82, 2.24) is 5.32 Å². The number of nitriles is 1. The van der Waals surface area contributed by atoms with E-state index in [4.69, 9.17) is 15.1 Å². The number of hydrogen-bond donors (Lipinski definition) is 2. The second-order valence-electron chi connectivity index (χ2n) is 5.12. The Balaban J connectivity index is 2.44. The van der Waals surface area contributed by atoms with Gasteiger partial charge in [0, 0.05) is 12.6 Å². The standard InChI is InChI=1S/C16H22N2O3/c1-3-14(7-12(2)10-19)18-16(20)11-21-15-6-4-5-13(8-15)9-17/h4-6,8,12,14,19H,3,7,10-11H2,1-2H3,(H,18,20)/t12-,14-/m1/s1. The van der Waals surface area contributed by atoms with Gasteiger partial charge in [0.2, 0.25) is 0 Å². The fourth-order valence-corrected chi connectivity index (χ4v) is 1.96. The summed E-state index contributed by atoms with van der Waals surface area (Å²) in [6, 6.07) is 8.75. The minimum Gasteiger partial charge on any atom is -0.484 e. The molecule has 2 N–H and O–H groups in total. The number of ether oxygens (including phenoxy) is 1. The molecule has 0 radical (unpaired) electrons. The number of nitrogens with one attached hydrogen (secondary N) is 1. The van der Waals surface area contributed by atoms with Crippen molar-refractivity contribution in [1.29, 1.82) is 5.26 Å². The molecule has 0 bridgehead atoms. The number of carbonyl (C=O) groups excluding carboxylic acids is 1. The van der Waals surface area contributed by atoms with Crippen molar-refractivity contribution in [3.8, 4) is 11.8 Å². The molecule has 0 fully saturated rings. The molecule has 2 atom stereocenters. The Bertz CT molecular complexity index is 497. The maximum atomic E-state index is 11.8. The van der Waals surface area contributed by atoms with Gasteiger partial charge in [-0.15, -0.1) is 0 Å². The Kier molecular flexibility index (Phi) is 7.27. The number of rotatable bonds is 8. The SMILES string of the molecule is CC[C@H](C[C@@H](C)CO)NC(=O)COc1cccc(C#N)c1. The van der Waals surface area contributed by atoms with Gasteiger partial charge in [0.15, 0.2) is 6.61 Å². The van der Waals surface area contributed by atoms with Crippen LogP contribution < -0.4 is 10.1 Å². The molecule has 0 aliphatic heterocycles. The van der Waals surface area contributed by atoms with E-state index in [0.717, 1.165) is 12.8 Å². The number of aliphatic hydroxyl groups is 1. The first-order valence-electron chi connectivity index (χ1n) is 7.12. The zero-order chi connectivity index (χ0) is 15.7. The number of carbonyl (C=O) groups is 1. The number of amides is 1. The van der Waals surface area contributed by atoms with Gasteiger partial charge in [0.1, 0.15) is 5.75 Å². The third kappa shape index (κ3) is 6.28. The monoisotopic (exact) mass is 290 g/mol. The van der Waals surface area contributed by atoms with Gasteiger partial charge in [-0.05, 0) is 37.0 Å². The van der Waals surface area contributed by atoms with Crippen LogP contribution in [0.25, 0.3) is 0 Å². The summed E-state index contributed by atoms with van der Waals surface area (Å²) in [5.41, 5.74) is 0.496. The first kappa shape index (κ1) is 17.0. The fourth-order valence-electron chi connectivity index (χ4n) is 1.96. The minimum absolute atomic E-state index is 0.0358. The smallest absolute Gasteiger partial charge is 0.258 e. The molecule has 5 nitrogen and oxygen atoms in total. The first-order valence-corrected chi connectivity index (χ1v) is 7.12. The molecule has 0 aromatic heterocycles. The quantitative estimate of drug-likeness (QED) is 0.765. The van der Waals surface area contributed by atoms with Gasteiger partial charge in [-0.25, -0.2) is 0 Å². The van der Waals surface area contributed by atoms with Gasteiger partial charge in [-0.2, -0.15) is 5.26 Å². The normalized spacial score (nSPS) is 13.0. The number of nitrogens with zero attached hydrogens (tertiary/aromatic N) is 1. The van der Waals surface area contributed by atoms with Crippen LogP contribution in [0.15, 0.2) is 24.3 Å². The van der Waals surface area contributed by atoms with E-state index in [-0.39, 0.29) is 31.1 Å². The van der Waals surface area contributed by atoms with Gasteiger partial charge >= 0.3 is 0 Å². The molecule has 1 amide bonds. The fraction of sp³-hybridized carbons (Fsp3) is 0.500. The van der Waals surface area contributed by atoms with Crippen LogP contribution in [-0.4, -0.2) is 30.3 Å². The Morgan fingerprint density at radius 1 is 1.52 bits per heavy atom. The third-order valence-electron chi connectivity index (χ3n) is 3.19. The van der Waals surface area contributed by atoms with E-state index >= 15 is 0 Å². The molecular formula is C16H22N2O3. The molecule has 1 aromatic rings. The van der Waals surface area contributed by atoms with E-state index in [1.807, 2.05) is 19.9 Å².